The second-order valence-corrected chi connectivity index (χ2v) is 11.4. The van der Waals surface area contributed by atoms with Crippen molar-refractivity contribution in [2.75, 3.05) is 6.61 Å². The van der Waals surface area contributed by atoms with Crippen LogP contribution in [-0.2, 0) is 9.47 Å². The van der Waals surface area contributed by atoms with Gasteiger partial charge in [0.15, 0.2) is 0 Å². The number of carbonyl (C=O) groups is 2. The van der Waals surface area contributed by atoms with Gasteiger partial charge in [0.25, 0.3) is 0 Å². The molecule has 3 aromatic carbocycles. The van der Waals surface area contributed by atoms with Crippen molar-refractivity contribution in [2.45, 2.75) is 110 Å². The van der Waals surface area contributed by atoms with Crippen molar-refractivity contribution in [3.63, 3.8) is 0 Å². The highest BCUT2D eigenvalue weighted by Crippen LogP contribution is 2.34. The first kappa shape index (κ1) is 33.9. The van der Waals surface area contributed by atoms with Crippen LogP contribution in [0.25, 0.3) is 22.3 Å². The van der Waals surface area contributed by atoms with Crippen molar-refractivity contribution >= 4 is 12.1 Å². The molecular formula is C38H50O5. The lowest BCUT2D eigenvalue weighted by molar-refractivity contribution is 0.0231. The monoisotopic (exact) mass is 586 g/mol. The van der Waals surface area contributed by atoms with E-state index in [2.05, 4.69) is 13.8 Å². The van der Waals surface area contributed by atoms with Gasteiger partial charge in [0, 0.05) is 0 Å². The zero-order valence-electron chi connectivity index (χ0n) is 26.4. The minimum atomic E-state index is -0.953. The zero-order valence-corrected chi connectivity index (χ0v) is 26.4. The summed E-state index contributed by atoms with van der Waals surface area (Å²) in [5.41, 5.74) is 4.11. The van der Waals surface area contributed by atoms with Crippen molar-refractivity contribution in [3.05, 3.63) is 78.4 Å². The molecule has 232 valence electrons. The van der Waals surface area contributed by atoms with E-state index in [4.69, 9.17) is 14.2 Å². The number of benzene rings is 3. The highest BCUT2D eigenvalue weighted by molar-refractivity contribution is 5.98. The van der Waals surface area contributed by atoms with E-state index in [0.29, 0.717) is 5.56 Å². The summed E-state index contributed by atoms with van der Waals surface area (Å²) in [7, 11) is 0. The molecular weight excluding hydrogens is 536 g/mol. The summed E-state index contributed by atoms with van der Waals surface area (Å²) in [6.07, 6.45) is 13.9. The first-order valence-electron chi connectivity index (χ1n) is 16.4. The summed E-state index contributed by atoms with van der Waals surface area (Å²) in [5.74, 6) is 0.127. The molecule has 0 heterocycles. The van der Waals surface area contributed by atoms with E-state index in [9.17, 15) is 9.59 Å². The van der Waals surface area contributed by atoms with E-state index in [1.807, 2.05) is 67.6 Å². The number of esters is 1. The summed E-state index contributed by atoms with van der Waals surface area (Å²) in [5, 5.41) is 0. The minimum absolute atomic E-state index is 0.294. The maximum Gasteiger partial charge on any atom is 0.516 e. The first-order valence-corrected chi connectivity index (χ1v) is 16.4. The number of rotatable bonds is 19. The Balaban J connectivity index is 1.61. The van der Waals surface area contributed by atoms with Crippen LogP contribution in [0.1, 0.15) is 115 Å². The topological polar surface area (TPSA) is 61.8 Å². The largest absolute Gasteiger partial charge is 0.516 e. The summed E-state index contributed by atoms with van der Waals surface area (Å²) < 4.78 is 16.4. The van der Waals surface area contributed by atoms with E-state index in [-0.39, 0.29) is 6.10 Å². The SMILES string of the molecule is CCCCCCCCOc1ccc(-c2ccc(C(=O)OC(=O)OC(C)CCCCCCCC)cc2-c2ccccc2)cc1. The summed E-state index contributed by atoms with van der Waals surface area (Å²) in [4.78, 5) is 25.3. The molecule has 1 unspecified atom stereocenters. The van der Waals surface area contributed by atoms with Gasteiger partial charge in [-0.15, -0.1) is 0 Å². The van der Waals surface area contributed by atoms with Crippen LogP contribution in [0.5, 0.6) is 5.75 Å². The van der Waals surface area contributed by atoms with Gasteiger partial charge in [0.2, 0.25) is 0 Å². The van der Waals surface area contributed by atoms with Crippen molar-refractivity contribution in [3.8, 4) is 28.0 Å². The maximum absolute atomic E-state index is 12.9. The van der Waals surface area contributed by atoms with Crippen LogP contribution in [-0.4, -0.2) is 24.8 Å². The Morgan fingerprint density at radius 1 is 0.651 bits per heavy atom. The molecule has 1 atom stereocenters. The van der Waals surface area contributed by atoms with Gasteiger partial charge in [0.1, 0.15) is 11.9 Å². The third kappa shape index (κ3) is 12.3. The molecule has 0 aromatic heterocycles. The molecule has 0 aliphatic rings. The summed E-state index contributed by atoms with van der Waals surface area (Å²) >= 11 is 0. The molecule has 43 heavy (non-hydrogen) atoms. The fourth-order valence-electron chi connectivity index (χ4n) is 5.18. The van der Waals surface area contributed by atoms with Crippen molar-refractivity contribution in [1.82, 2.24) is 0 Å². The standard InChI is InChI=1S/C38H50O5/c1-4-6-8-10-12-15-19-30(3)42-38(40)43-37(39)33-24-27-35(36(29-33)31-20-16-14-17-21-31)32-22-25-34(26-23-32)41-28-18-13-11-9-7-5-2/h14,16-17,20-27,29-30H,4-13,15,18-19,28H2,1-3H3. The fraction of sp³-hybridized carbons (Fsp3) is 0.474. The van der Waals surface area contributed by atoms with E-state index in [1.54, 1.807) is 12.1 Å². The maximum atomic E-state index is 12.9. The van der Waals surface area contributed by atoms with Crippen LogP contribution in [0.3, 0.4) is 0 Å². The molecule has 0 N–H and O–H groups in total. The van der Waals surface area contributed by atoms with Gasteiger partial charge in [-0.3, -0.25) is 0 Å². The van der Waals surface area contributed by atoms with Crippen molar-refractivity contribution in [2.24, 2.45) is 0 Å². The first-order chi connectivity index (χ1) is 21.0. The third-order valence-electron chi connectivity index (χ3n) is 7.71. The van der Waals surface area contributed by atoms with Crippen LogP contribution < -0.4 is 4.74 Å². The normalized spacial score (nSPS) is 11.6. The predicted molar refractivity (Wildman–Crippen MR) is 176 cm³/mol. The molecule has 0 saturated heterocycles. The molecule has 5 heteroatoms. The predicted octanol–water partition coefficient (Wildman–Crippen LogP) is 11.2. The van der Waals surface area contributed by atoms with Gasteiger partial charge < -0.3 is 14.2 Å². The van der Waals surface area contributed by atoms with Crippen LogP contribution in [0, 0.1) is 0 Å². The van der Waals surface area contributed by atoms with E-state index in [0.717, 1.165) is 60.3 Å². The number of unbranched alkanes of at least 4 members (excludes halogenated alkanes) is 10. The average molecular weight is 587 g/mol. The highest BCUT2D eigenvalue weighted by Gasteiger charge is 2.19. The Morgan fingerprint density at radius 3 is 1.93 bits per heavy atom. The quantitative estimate of drug-likeness (QED) is 0.0794. The molecule has 0 fully saturated rings. The fourth-order valence-corrected chi connectivity index (χ4v) is 5.18. The molecule has 0 aliphatic heterocycles. The number of ether oxygens (including phenoxy) is 3. The lowest BCUT2D eigenvalue weighted by Crippen LogP contribution is -2.19. The number of hydrogen-bond acceptors (Lipinski definition) is 5. The summed E-state index contributed by atoms with van der Waals surface area (Å²) in [6.45, 7) is 6.99. The molecule has 3 rings (SSSR count). The third-order valence-corrected chi connectivity index (χ3v) is 7.71. The zero-order chi connectivity index (χ0) is 30.7. The highest BCUT2D eigenvalue weighted by atomic mass is 16.7. The summed E-state index contributed by atoms with van der Waals surface area (Å²) in [6, 6.07) is 23.3. The average Bonchev–Trinajstić information content (AvgIpc) is 3.02. The lowest BCUT2D eigenvalue weighted by atomic mass is 9.93. The molecule has 5 nitrogen and oxygen atoms in total. The molecule has 0 spiro atoms. The van der Waals surface area contributed by atoms with Crippen molar-refractivity contribution < 1.29 is 23.8 Å². The van der Waals surface area contributed by atoms with Gasteiger partial charge in [-0.2, -0.15) is 0 Å². The molecule has 0 bridgehead atoms. The van der Waals surface area contributed by atoms with E-state index < -0.39 is 12.1 Å². The molecule has 0 amide bonds. The second-order valence-electron chi connectivity index (χ2n) is 11.4. The number of carbonyl (C=O) groups excluding carboxylic acids is 2. The molecule has 0 saturated carbocycles. The molecule has 0 radical (unpaired) electrons. The van der Waals surface area contributed by atoms with Gasteiger partial charge >= 0.3 is 12.1 Å². The Labute approximate surface area is 259 Å². The van der Waals surface area contributed by atoms with Gasteiger partial charge in [-0.25, -0.2) is 9.59 Å². The Kier molecular flexibility index (Phi) is 15.4. The van der Waals surface area contributed by atoms with Gasteiger partial charge in [-0.1, -0.05) is 127 Å². The van der Waals surface area contributed by atoms with Crippen LogP contribution in [0.15, 0.2) is 72.8 Å². The molecule has 0 aliphatic carbocycles. The van der Waals surface area contributed by atoms with Crippen LogP contribution in [0.4, 0.5) is 4.79 Å². The molecule has 3 aromatic rings. The Hall–Kier alpha value is -3.60. The Morgan fingerprint density at radius 2 is 1.26 bits per heavy atom. The van der Waals surface area contributed by atoms with E-state index in [1.165, 1.54) is 57.8 Å². The minimum Gasteiger partial charge on any atom is -0.494 e. The van der Waals surface area contributed by atoms with Crippen LogP contribution >= 0.6 is 0 Å². The van der Waals surface area contributed by atoms with Gasteiger partial charge in [0.05, 0.1) is 12.2 Å². The second kappa shape index (κ2) is 19.6. The lowest BCUT2D eigenvalue weighted by Gasteiger charge is -2.14. The smallest absolute Gasteiger partial charge is 0.494 e. The van der Waals surface area contributed by atoms with Crippen molar-refractivity contribution in [1.29, 1.82) is 0 Å². The van der Waals surface area contributed by atoms with Crippen LogP contribution in [0.2, 0.25) is 0 Å². The number of hydrogen-bond donors (Lipinski definition) is 0. The van der Waals surface area contributed by atoms with Gasteiger partial charge in [-0.05, 0) is 72.7 Å². The van der Waals surface area contributed by atoms with E-state index >= 15 is 0 Å². The Bertz CT molecular complexity index is 1220.